The Kier molecular flexibility index (Phi) is 14.2. The molecule has 8 N–H and O–H groups in total. The SMILES string of the molecule is C=CC.C=N/C=N\C(=C)N.COc1ccccc1C(=O)NCc1ccc(C(=N)c2c(N)ncnc2NC2C=CC(O)C2)cc1. The van der Waals surface area contributed by atoms with Crippen molar-refractivity contribution in [3.8, 4) is 5.75 Å². The van der Waals surface area contributed by atoms with Crippen LogP contribution in [0.4, 0.5) is 11.6 Å². The fourth-order valence-electron chi connectivity index (χ4n) is 3.88. The summed E-state index contributed by atoms with van der Waals surface area (Å²) in [5, 5.41) is 24.5. The molecule has 2 atom stereocenters. The Morgan fingerprint density at radius 1 is 1.20 bits per heavy atom. The molecule has 2 unspecified atom stereocenters. The number of nitrogens with two attached hydrogens (primary N) is 2. The zero-order valence-electron chi connectivity index (χ0n) is 24.9. The van der Waals surface area contributed by atoms with Crippen molar-refractivity contribution in [1.82, 2.24) is 15.3 Å². The maximum Gasteiger partial charge on any atom is 0.255 e. The van der Waals surface area contributed by atoms with E-state index in [-0.39, 0.29) is 29.3 Å². The molecule has 4 rings (SSSR count). The second kappa shape index (κ2) is 18.0. The largest absolute Gasteiger partial charge is 0.496 e. The predicted molar refractivity (Wildman–Crippen MR) is 177 cm³/mol. The third-order valence-corrected chi connectivity index (χ3v) is 5.86. The topological polar surface area (TPSA) is 197 Å². The highest BCUT2D eigenvalue weighted by Crippen LogP contribution is 2.25. The van der Waals surface area contributed by atoms with Crippen LogP contribution in [0.3, 0.4) is 0 Å². The van der Waals surface area contributed by atoms with Gasteiger partial charge in [0.2, 0.25) is 0 Å². The second-order valence-electron chi connectivity index (χ2n) is 9.20. The first-order chi connectivity index (χ1) is 21.1. The number of para-hydroxylation sites is 1. The first-order valence-corrected chi connectivity index (χ1v) is 13.5. The number of aliphatic hydroxyl groups excluding tert-OH is 1. The van der Waals surface area contributed by atoms with Gasteiger partial charge < -0.3 is 31.9 Å². The fourth-order valence-corrected chi connectivity index (χ4v) is 3.88. The number of allylic oxidation sites excluding steroid dienone is 1. The molecular formula is C32H39N9O3. The van der Waals surface area contributed by atoms with Crippen LogP contribution in [0.1, 0.15) is 40.4 Å². The molecule has 12 heteroatoms. The number of nitrogen functional groups attached to an aromatic ring is 1. The van der Waals surface area contributed by atoms with E-state index in [1.165, 1.54) is 19.8 Å². The lowest BCUT2D eigenvalue weighted by atomic mass is 10.0. The van der Waals surface area contributed by atoms with Gasteiger partial charge in [-0.3, -0.25) is 15.2 Å². The van der Waals surface area contributed by atoms with Gasteiger partial charge in [0, 0.05) is 24.6 Å². The van der Waals surface area contributed by atoms with Crippen molar-refractivity contribution in [2.75, 3.05) is 18.2 Å². The minimum absolute atomic E-state index is 0.106. The molecule has 3 aromatic rings. The summed E-state index contributed by atoms with van der Waals surface area (Å²) in [5.41, 5.74) is 13.6. The molecule has 0 aliphatic heterocycles. The molecule has 44 heavy (non-hydrogen) atoms. The van der Waals surface area contributed by atoms with Gasteiger partial charge in [-0.25, -0.2) is 15.0 Å². The molecule has 0 bridgehead atoms. The third-order valence-electron chi connectivity index (χ3n) is 5.86. The summed E-state index contributed by atoms with van der Waals surface area (Å²) in [5.74, 6) is 1.16. The number of aliphatic imine (C=N–C) groups is 2. The van der Waals surface area contributed by atoms with E-state index in [0.717, 1.165) is 5.56 Å². The van der Waals surface area contributed by atoms with Gasteiger partial charge in [-0.15, -0.1) is 6.58 Å². The fraction of sp³-hybridized carbons (Fsp3) is 0.188. The molecule has 12 nitrogen and oxygen atoms in total. The maximum absolute atomic E-state index is 12.5. The second-order valence-corrected chi connectivity index (χ2v) is 9.20. The van der Waals surface area contributed by atoms with E-state index in [1.54, 1.807) is 42.5 Å². The molecular weight excluding hydrogens is 558 g/mol. The van der Waals surface area contributed by atoms with Crippen molar-refractivity contribution < 1.29 is 14.6 Å². The Morgan fingerprint density at radius 2 is 1.89 bits per heavy atom. The molecule has 1 aliphatic carbocycles. The van der Waals surface area contributed by atoms with E-state index in [1.807, 2.05) is 31.2 Å². The van der Waals surface area contributed by atoms with Gasteiger partial charge in [0.15, 0.2) is 0 Å². The van der Waals surface area contributed by atoms with E-state index in [9.17, 15) is 9.90 Å². The predicted octanol–water partition coefficient (Wildman–Crippen LogP) is 3.85. The summed E-state index contributed by atoms with van der Waals surface area (Å²) < 4.78 is 5.24. The van der Waals surface area contributed by atoms with Crippen molar-refractivity contribution in [2.24, 2.45) is 15.7 Å². The van der Waals surface area contributed by atoms with Crippen molar-refractivity contribution in [2.45, 2.75) is 32.0 Å². The smallest absolute Gasteiger partial charge is 0.255 e. The average molecular weight is 598 g/mol. The van der Waals surface area contributed by atoms with Crippen molar-refractivity contribution >= 4 is 36.3 Å². The number of hydrogen-bond donors (Lipinski definition) is 6. The van der Waals surface area contributed by atoms with Crippen LogP contribution in [0.5, 0.6) is 5.75 Å². The molecule has 1 aromatic heterocycles. The number of benzene rings is 2. The van der Waals surface area contributed by atoms with Crippen LogP contribution >= 0.6 is 0 Å². The lowest BCUT2D eigenvalue weighted by molar-refractivity contribution is 0.0948. The molecule has 0 saturated carbocycles. The van der Waals surface area contributed by atoms with Gasteiger partial charge in [0.05, 0.1) is 30.1 Å². The minimum Gasteiger partial charge on any atom is -0.496 e. The minimum atomic E-state index is -0.504. The molecule has 1 aliphatic rings. The molecule has 230 valence electrons. The number of carbonyl (C=O) groups is 1. The zero-order chi connectivity index (χ0) is 32.5. The normalized spacial score (nSPS) is 14.7. The number of nitrogens with one attached hydrogen (secondary N) is 3. The Labute approximate surface area is 257 Å². The Balaban J connectivity index is 0.000000587. The van der Waals surface area contributed by atoms with Gasteiger partial charge in [0.1, 0.15) is 35.9 Å². The Hall–Kier alpha value is -5.62. The number of amides is 1. The highest BCUT2D eigenvalue weighted by atomic mass is 16.5. The van der Waals surface area contributed by atoms with E-state index < -0.39 is 6.10 Å². The standard InChI is InChI=1S/C25H26N6O3.C4H7N3.C3H6/c1-34-20-5-3-2-4-19(20)25(33)28-13-15-6-8-16(9-7-15)22(26)21-23(27)29-14-30-24(21)31-17-10-11-18(32)12-17;1-4(5)7-3-6-2;1-3-2/h2-11,14,17-18,26,32H,12-13H2,1H3,(H,28,33)(H3,27,29,30,31);3H,1-2,5H2;3H,1H2,2H3/b;7-3-;. The number of rotatable bonds is 10. The van der Waals surface area contributed by atoms with Gasteiger partial charge in [-0.2, -0.15) is 0 Å². The Morgan fingerprint density at radius 3 is 2.45 bits per heavy atom. The maximum atomic E-state index is 12.5. The quantitative estimate of drug-likeness (QED) is 0.115. The summed E-state index contributed by atoms with van der Waals surface area (Å²) >= 11 is 0. The number of carbonyl (C=O) groups excluding carboxylic acids is 1. The number of aliphatic hydroxyl groups is 1. The summed E-state index contributed by atoms with van der Waals surface area (Å²) in [6.07, 6.45) is 7.93. The van der Waals surface area contributed by atoms with Crippen LogP contribution < -0.4 is 26.8 Å². The van der Waals surface area contributed by atoms with Crippen LogP contribution in [0.2, 0.25) is 0 Å². The van der Waals surface area contributed by atoms with Crippen molar-refractivity contribution in [3.05, 3.63) is 114 Å². The summed E-state index contributed by atoms with van der Waals surface area (Å²) in [6, 6.07) is 14.2. The van der Waals surface area contributed by atoms with Crippen LogP contribution in [-0.2, 0) is 6.54 Å². The average Bonchev–Trinajstić information content (AvgIpc) is 3.43. The third kappa shape index (κ3) is 10.7. The van der Waals surface area contributed by atoms with Crippen LogP contribution in [-0.4, -0.2) is 59.0 Å². The van der Waals surface area contributed by atoms with Crippen LogP contribution in [0.15, 0.2) is 102 Å². The molecule has 0 saturated heterocycles. The molecule has 0 radical (unpaired) electrons. The van der Waals surface area contributed by atoms with Crippen molar-refractivity contribution in [3.63, 3.8) is 0 Å². The molecule has 1 heterocycles. The Bertz CT molecular complexity index is 1500. The molecule has 0 fully saturated rings. The van der Waals surface area contributed by atoms with Gasteiger partial charge in [0.25, 0.3) is 5.91 Å². The molecule has 1 amide bonds. The van der Waals surface area contributed by atoms with Gasteiger partial charge in [-0.05, 0) is 31.3 Å². The van der Waals surface area contributed by atoms with Gasteiger partial charge >= 0.3 is 0 Å². The highest BCUT2D eigenvalue weighted by Gasteiger charge is 2.21. The van der Waals surface area contributed by atoms with E-state index >= 15 is 0 Å². The van der Waals surface area contributed by atoms with E-state index in [2.05, 4.69) is 50.5 Å². The number of aromatic nitrogens is 2. The summed E-state index contributed by atoms with van der Waals surface area (Å²) in [6.45, 7) is 12.0. The van der Waals surface area contributed by atoms with Crippen molar-refractivity contribution in [1.29, 1.82) is 5.41 Å². The monoisotopic (exact) mass is 597 g/mol. The highest BCUT2D eigenvalue weighted by molar-refractivity contribution is 6.16. The number of hydrogen-bond acceptors (Lipinski definition) is 10. The van der Waals surface area contributed by atoms with Crippen LogP contribution in [0.25, 0.3) is 0 Å². The number of nitrogens with zero attached hydrogens (tertiary/aromatic N) is 4. The molecule has 0 spiro atoms. The lowest BCUT2D eigenvalue weighted by Crippen LogP contribution is -2.23. The first kappa shape index (κ1) is 34.6. The number of ether oxygens (including phenoxy) is 1. The van der Waals surface area contributed by atoms with Gasteiger partial charge in [-0.1, -0.05) is 61.2 Å². The first-order valence-electron chi connectivity index (χ1n) is 13.5. The molecule has 2 aromatic carbocycles. The summed E-state index contributed by atoms with van der Waals surface area (Å²) in [4.78, 5) is 27.6. The number of methoxy groups -OCH3 is 1. The van der Waals surface area contributed by atoms with E-state index in [0.29, 0.717) is 41.2 Å². The van der Waals surface area contributed by atoms with Crippen LogP contribution in [0, 0.1) is 5.41 Å². The lowest BCUT2D eigenvalue weighted by Gasteiger charge is -2.17. The zero-order valence-corrected chi connectivity index (χ0v) is 24.9. The summed E-state index contributed by atoms with van der Waals surface area (Å²) in [7, 11) is 1.53. The number of anilines is 2. The van der Waals surface area contributed by atoms with E-state index in [4.69, 9.17) is 21.6 Å².